The second-order valence-corrected chi connectivity index (χ2v) is 8.55. The van der Waals surface area contributed by atoms with Crippen LogP contribution in [0.1, 0.15) is 17.3 Å². The van der Waals surface area contributed by atoms with E-state index < -0.39 is 10.0 Å². The molecule has 1 aliphatic rings. The van der Waals surface area contributed by atoms with Crippen LogP contribution in [-0.2, 0) is 14.8 Å². The number of nitrogens with one attached hydrogen (secondary N) is 1. The van der Waals surface area contributed by atoms with Gasteiger partial charge in [-0.15, -0.1) is 0 Å². The topological polar surface area (TPSA) is 113 Å². The van der Waals surface area contributed by atoms with Crippen LogP contribution in [-0.4, -0.2) is 57.7 Å². The molecule has 9 heteroatoms. The van der Waals surface area contributed by atoms with E-state index in [1.807, 2.05) is 0 Å². The van der Waals surface area contributed by atoms with Crippen LogP contribution >= 0.6 is 0 Å². The van der Waals surface area contributed by atoms with Gasteiger partial charge in [-0.3, -0.25) is 14.5 Å². The lowest BCUT2D eigenvalue weighted by Gasteiger charge is -2.35. The number of anilines is 2. The van der Waals surface area contributed by atoms with Crippen LogP contribution in [0.4, 0.5) is 11.4 Å². The Morgan fingerprint density at radius 3 is 2.28 bits per heavy atom. The van der Waals surface area contributed by atoms with E-state index >= 15 is 0 Å². The molecule has 3 N–H and O–H groups in total. The van der Waals surface area contributed by atoms with E-state index in [9.17, 15) is 18.0 Å². The summed E-state index contributed by atoms with van der Waals surface area (Å²) in [5.41, 5.74) is 2.09. The van der Waals surface area contributed by atoms with Gasteiger partial charge in [0, 0.05) is 43.1 Å². The molecule has 1 aliphatic heterocycles. The lowest BCUT2D eigenvalue weighted by molar-refractivity contribution is -0.117. The van der Waals surface area contributed by atoms with Crippen molar-refractivity contribution in [1.29, 1.82) is 0 Å². The third-order valence-corrected chi connectivity index (χ3v) is 5.75. The number of nitrogens with two attached hydrogens (primary N) is 1. The van der Waals surface area contributed by atoms with Crippen molar-refractivity contribution in [3.8, 4) is 0 Å². The maximum Gasteiger partial charge on any atom is 0.238 e. The van der Waals surface area contributed by atoms with E-state index in [0.717, 1.165) is 18.8 Å². The van der Waals surface area contributed by atoms with Crippen LogP contribution in [0.25, 0.3) is 0 Å². The zero-order chi connectivity index (χ0) is 21.0. The highest BCUT2D eigenvalue weighted by Gasteiger charge is 2.20. The minimum atomic E-state index is -3.70. The molecule has 0 aromatic heterocycles. The number of ketones is 1. The number of piperazine rings is 1. The lowest BCUT2D eigenvalue weighted by Crippen LogP contribution is -2.48. The Balaban J connectivity index is 1.51. The molecule has 1 amide bonds. The fourth-order valence-electron chi connectivity index (χ4n) is 3.23. The quantitative estimate of drug-likeness (QED) is 0.687. The van der Waals surface area contributed by atoms with Crippen LogP contribution in [0.2, 0.25) is 0 Å². The Kier molecular flexibility index (Phi) is 6.31. The summed E-state index contributed by atoms with van der Waals surface area (Å²) in [5, 5.41) is 7.96. The first-order valence-electron chi connectivity index (χ1n) is 9.23. The highest BCUT2D eigenvalue weighted by molar-refractivity contribution is 7.89. The molecule has 0 unspecified atom stereocenters. The third-order valence-electron chi connectivity index (χ3n) is 4.82. The second-order valence-electron chi connectivity index (χ2n) is 6.99. The zero-order valence-electron chi connectivity index (χ0n) is 16.2. The molecule has 8 nitrogen and oxygen atoms in total. The van der Waals surface area contributed by atoms with Crippen molar-refractivity contribution in [2.24, 2.45) is 5.14 Å². The van der Waals surface area contributed by atoms with Gasteiger partial charge < -0.3 is 10.2 Å². The first kappa shape index (κ1) is 21.0. The number of rotatable bonds is 6. The summed E-state index contributed by atoms with van der Waals surface area (Å²) in [7, 11) is -3.70. The van der Waals surface area contributed by atoms with E-state index in [2.05, 4.69) is 15.1 Å². The average Bonchev–Trinajstić information content (AvgIpc) is 2.68. The number of nitrogens with zero attached hydrogens (tertiary/aromatic N) is 2. The first-order chi connectivity index (χ1) is 13.7. The van der Waals surface area contributed by atoms with E-state index in [4.69, 9.17) is 5.14 Å². The molecule has 0 radical (unpaired) electrons. The minimum Gasteiger partial charge on any atom is -0.369 e. The molecule has 0 aliphatic carbocycles. The number of Topliss-reactive ketones (excluding diaryl/α,β-unsaturated/α-hetero) is 1. The standard InChI is InChI=1S/C20H24N4O4S/c1-15(25)16-3-2-4-17(13-16)22-20(26)14-23-9-11-24(12-10-23)18-5-7-19(8-6-18)29(21,27)28/h2-8,13H,9-12,14H2,1H3,(H,22,26)(H2,21,27,28). The Bertz CT molecular complexity index is 997. The zero-order valence-corrected chi connectivity index (χ0v) is 17.0. The Morgan fingerprint density at radius 2 is 1.69 bits per heavy atom. The van der Waals surface area contributed by atoms with Gasteiger partial charge in [0.05, 0.1) is 11.4 Å². The third kappa shape index (κ3) is 5.63. The number of hydrogen-bond acceptors (Lipinski definition) is 6. The monoisotopic (exact) mass is 416 g/mol. The molecular weight excluding hydrogens is 392 g/mol. The van der Waals surface area contributed by atoms with Crippen molar-refractivity contribution in [2.45, 2.75) is 11.8 Å². The predicted octanol–water partition coefficient (Wildman–Crippen LogP) is 1.30. The Hall–Kier alpha value is -2.75. The SMILES string of the molecule is CC(=O)c1cccc(NC(=O)CN2CCN(c3ccc(S(N)(=O)=O)cc3)CC2)c1. The molecule has 0 atom stereocenters. The molecule has 3 rings (SSSR count). The van der Waals surface area contributed by atoms with E-state index in [-0.39, 0.29) is 23.1 Å². The summed E-state index contributed by atoms with van der Waals surface area (Å²) in [6.07, 6.45) is 0. The lowest BCUT2D eigenvalue weighted by atomic mass is 10.1. The Labute approximate surface area is 170 Å². The van der Waals surface area contributed by atoms with Gasteiger partial charge in [-0.1, -0.05) is 12.1 Å². The van der Waals surface area contributed by atoms with E-state index in [0.29, 0.717) is 24.3 Å². The van der Waals surface area contributed by atoms with Gasteiger partial charge in [0.15, 0.2) is 5.78 Å². The van der Waals surface area contributed by atoms with Crippen LogP contribution in [0.3, 0.4) is 0 Å². The summed E-state index contributed by atoms with van der Waals surface area (Å²) in [4.78, 5) is 28.1. The van der Waals surface area contributed by atoms with E-state index in [1.165, 1.54) is 19.1 Å². The number of primary sulfonamides is 1. The van der Waals surface area contributed by atoms with Crippen molar-refractivity contribution in [1.82, 2.24) is 4.90 Å². The first-order valence-corrected chi connectivity index (χ1v) is 10.8. The number of hydrogen-bond donors (Lipinski definition) is 2. The maximum atomic E-state index is 12.3. The molecule has 154 valence electrons. The van der Waals surface area contributed by atoms with Crippen molar-refractivity contribution < 1.29 is 18.0 Å². The normalized spacial score (nSPS) is 15.2. The van der Waals surface area contributed by atoms with Gasteiger partial charge in [0.2, 0.25) is 15.9 Å². The number of carbonyl (C=O) groups excluding carboxylic acids is 2. The van der Waals surface area contributed by atoms with Gasteiger partial charge in [-0.2, -0.15) is 0 Å². The van der Waals surface area contributed by atoms with Gasteiger partial charge in [0.25, 0.3) is 0 Å². The molecule has 1 saturated heterocycles. The Morgan fingerprint density at radius 1 is 1.03 bits per heavy atom. The summed E-state index contributed by atoms with van der Waals surface area (Å²) in [6, 6.07) is 13.4. The second kappa shape index (κ2) is 8.73. The number of benzene rings is 2. The highest BCUT2D eigenvalue weighted by Crippen LogP contribution is 2.19. The molecular formula is C20H24N4O4S. The molecule has 0 bridgehead atoms. The van der Waals surface area contributed by atoms with Gasteiger partial charge in [-0.25, -0.2) is 13.6 Å². The predicted molar refractivity (Wildman–Crippen MR) is 112 cm³/mol. The van der Waals surface area contributed by atoms with Crippen LogP contribution in [0.15, 0.2) is 53.4 Å². The van der Waals surface area contributed by atoms with Crippen LogP contribution < -0.4 is 15.4 Å². The summed E-state index contributed by atoms with van der Waals surface area (Å²) in [6.45, 7) is 4.62. The molecule has 0 saturated carbocycles. The largest absolute Gasteiger partial charge is 0.369 e. The van der Waals surface area contributed by atoms with Crippen LogP contribution in [0.5, 0.6) is 0 Å². The number of sulfonamides is 1. The van der Waals surface area contributed by atoms with E-state index in [1.54, 1.807) is 36.4 Å². The van der Waals surface area contributed by atoms with Crippen molar-refractivity contribution >= 4 is 33.1 Å². The fourth-order valence-corrected chi connectivity index (χ4v) is 3.75. The van der Waals surface area contributed by atoms with Crippen molar-refractivity contribution in [2.75, 3.05) is 42.9 Å². The summed E-state index contributed by atoms with van der Waals surface area (Å²) in [5.74, 6) is -0.175. The highest BCUT2D eigenvalue weighted by atomic mass is 32.2. The fraction of sp³-hybridized carbons (Fsp3) is 0.300. The van der Waals surface area contributed by atoms with Crippen molar-refractivity contribution in [3.05, 3.63) is 54.1 Å². The maximum absolute atomic E-state index is 12.3. The minimum absolute atomic E-state index is 0.0469. The van der Waals surface area contributed by atoms with Gasteiger partial charge in [-0.05, 0) is 43.3 Å². The van der Waals surface area contributed by atoms with Crippen LogP contribution in [0, 0.1) is 0 Å². The molecule has 2 aromatic carbocycles. The number of amides is 1. The summed E-state index contributed by atoms with van der Waals surface area (Å²) >= 11 is 0. The van der Waals surface area contributed by atoms with Gasteiger partial charge in [0.1, 0.15) is 0 Å². The van der Waals surface area contributed by atoms with Gasteiger partial charge >= 0.3 is 0 Å². The average molecular weight is 417 g/mol. The molecule has 29 heavy (non-hydrogen) atoms. The summed E-state index contributed by atoms with van der Waals surface area (Å²) < 4.78 is 22.7. The molecule has 1 fully saturated rings. The molecule has 1 heterocycles. The number of carbonyl (C=O) groups is 2. The molecule has 2 aromatic rings. The van der Waals surface area contributed by atoms with Crippen molar-refractivity contribution in [3.63, 3.8) is 0 Å². The molecule has 0 spiro atoms. The smallest absolute Gasteiger partial charge is 0.238 e.